The highest BCUT2D eigenvalue weighted by molar-refractivity contribution is 5.30. The lowest BCUT2D eigenvalue weighted by Crippen LogP contribution is -2.11. The first-order chi connectivity index (χ1) is 4.76. The summed E-state index contributed by atoms with van der Waals surface area (Å²) in [5.74, 6) is 0. The Labute approximate surface area is 64.4 Å². The second-order valence-electron chi connectivity index (χ2n) is 2.53. The summed E-state index contributed by atoms with van der Waals surface area (Å²) < 4.78 is 35.9. The van der Waals surface area contributed by atoms with Crippen LogP contribution in [0.25, 0.3) is 0 Å². The van der Waals surface area contributed by atoms with E-state index in [9.17, 15) is 13.2 Å². The van der Waals surface area contributed by atoms with Gasteiger partial charge in [-0.1, -0.05) is 12.2 Å². The standard InChI is InChI=1S/C8H11F3/c1-5(2)6(3)7(4)8(9,10)11/h1H2,2-4H3/b7-6+. The molecule has 11 heavy (non-hydrogen) atoms. The minimum absolute atomic E-state index is 0.220. The molecule has 64 valence electrons. The van der Waals surface area contributed by atoms with E-state index in [0.717, 1.165) is 6.92 Å². The summed E-state index contributed by atoms with van der Waals surface area (Å²) in [5.41, 5.74) is 0.113. The molecule has 0 fully saturated rings. The lowest BCUT2D eigenvalue weighted by molar-refractivity contribution is -0.0920. The van der Waals surface area contributed by atoms with E-state index >= 15 is 0 Å². The van der Waals surface area contributed by atoms with Crippen LogP contribution >= 0.6 is 0 Å². The van der Waals surface area contributed by atoms with Crippen LogP contribution in [0.15, 0.2) is 23.3 Å². The molecule has 0 spiro atoms. The Kier molecular flexibility index (Phi) is 2.91. The van der Waals surface area contributed by atoms with Crippen molar-refractivity contribution in [1.82, 2.24) is 0 Å². The molecule has 0 nitrogen and oxygen atoms in total. The highest BCUT2D eigenvalue weighted by Gasteiger charge is 2.31. The molecule has 0 amide bonds. The first kappa shape index (κ1) is 10.3. The number of allylic oxidation sites excluding steroid dienone is 3. The van der Waals surface area contributed by atoms with Crippen molar-refractivity contribution in [2.45, 2.75) is 26.9 Å². The molecule has 0 aliphatic rings. The van der Waals surface area contributed by atoms with Gasteiger partial charge in [-0.05, 0) is 26.3 Å². The van der Waals surface area contributed by atoms with Crippen molar-refractivity contribution in [3.05, 3.63) is 23.3 Å². The van der Waals surface area contributed by atoms with Crippen LogP contribution in [-0.2, 0) is 0 Å². The minimum Gasteiger partial charge on any atom is -0.166 e. The molecule has 0 aromatic carbocycles. The molecule has 0 N–H and O–H groups in total. The summed E-state index contributed by atoms with van der Waals surface area (Å²) in [6.45, 7) is 7.47. The smallest absolute Gasteiger partial charge is 0.166 e. The van der Waals surface area contributed by atoms with E-state index in [-0.39, 0.29) is 5.57 Å². The van der Waals surface area contributed by atoms with E-state index in [2.05, 4.69) is 6.58 Å². The normalized spacial score (nSPS) is 14.4. The Hall–Kier alpha value is -0.730. The van der Waals surface area contributed by atoms with Gasteiger partial charge in [0.15, 0.2) is 0 Å². The summed E-state index contributed by atoms with van der Waals surface area (Å²) in [7, 11) is 0. The van der Waals surface area contributed by atoms with E-state index in [1.54, 1.807) is 6.92 Å². The fourth-order valence-electron chi connectivity index (χ4n) is 0.533. The third kappa shape index (κ3) is 2.78. The monoisotopic (exact) mass is 164 g/mol. The van der Waals surface area contributed by atoms with Crippen molar-refractivity contribution in [3.63, 3.8) is 0 Å². The van der Waals surface area contributed by atoms with Crippen LogP contribution in [-0.4, -0.2) is 6.18 Å². The quantitative estimate of drug-likeness (QED) is 0.520. The molecule has 0 bridgehead atoms. The number of hydrogen-bond acceptors (Lipinski definition) is 0. The second-order valence-corrected chi connectivity index (χ2v) is 2.53. The zero-order valence-electron chi connectivity index (χ0n) is 6.84. The van der Waals surface area contributed by atoms with Gasteiger partial charge in [0.25, 0.3) is 0 Å². The fourth-order valence-corrected chi connectivity index (χ4v) is 0.533. The van der Waals surface area contributed by atoms with Crippen molar-refractivity contribution in [2.75, 3.05) is 0 Å². The fraction of sp³-hybridized carbons (Fsp3) is 0.500. The van der Waals surface area contributed by atoms with E-state index < -0.39 is 11.7 Å². The van der Waals surface area contributed by atoms with E-state index in [4.69, 9.17) is 0 Å². The molecular weight excluding hydrogens is 153 g/mol. The Balaban J connectivity index is 4.82. The van der Waals surface area contributed by atoms with Crippen molar-refractivity contribution in [3.8, 4) is 0 Å². The summed E-state index contributed by atoms with van der Waals surface area (Å²) >= 11 is 0. The van der Waals surface area contributed by atoms with E-state index in [0.29, 0.717) is 5.57 Å². The molecule has 0 rings (SSSR count). The maximum absolute atomic E-state index is 12.0. The van der Waals surface area contributed by atoms with Gasteiger partial charge in [-0.3, -0.25) is 0 Å². The number of alkyl halides is 3. The summed E-state index contributed by atoms with van der Waals surface area (Å²) in [5, 5.41) is 0. The molecule has 0 aromatic rings. The third-order valence-electron chi connectivity index (χ3n) is 1.63. The SMILES string of the molecule is C=C(C)/C(C)=C(\C)C(F)(F)F. The molecule has 0 aliphatic carbocycles. The largest absolute Gasteiger partial charge is 0.412 e. The summed E-state index contributed by atoms with van der Waals surface area (Å²) in [6.07, 6.45) is -4.22. The summed E-state index contributed by atoms with van der Waals surface area (Å²) in [4.78, 5) is 0. The zero-order chi connectivity index (χ0) is 9.23. The van der Waals surface area contributed by atoms with Crippen LogP contribution in [0.3, 0.4) is 0 Å². The van der Waals surface area contributed by atoms with Crippen LogP contribution in [0.2, 0.25) is 0 Å². The molecule has 0 unspecified atom stereocenters. The first-order valence-corrected chi connectivity index (χ1v) is 3.17. The van der Waals surface area contributed by atoms with Gasteiger partial charge in [-0.25, -0.2) is 0 Å². The van der Waals surface area contributed by atoms with Gasteiger partial charge in [0, 0.05) is 5.57 Å². The van der Waals surface area contributed by atoms with Crippen molar-refractivity contribution < 1.29 is 13.2 Å². The maximum atomic E-state index is 12.0. The van der Waals surface area contributed by atoms with Crippen molar-refractivity contribution >= 4 is 0 Å². The van der Waals surface area contributed by atoms with Crippen LogP contribution in [0.1, 0.15) is 20.8 Å². The number of rotatable bonds is 1. The third-order valence-corrected chi connectivity index (χ3v) is 1.63. The Morgan fingerprint density at radius 1 is 1.09 bits per heavy atom. The topological polar surface area (TPSA) is 0 Å². The minimum atomic E-state index is -4.22. The van der Waals surface area contributed by atoms with Crippen molar-refractivity contribution in [2.24, 2.45) is 0 Å². The molecule has 0 aliphatic heterocycles. The van der Waals surface area contributed by atoms with Gasteiger partial charge in [0.1, 0.15) is 0 Å². The van der Waals surface area contributed by atoms with E-state index in [1.165, 1.54) is 6.92 Å². The summed E-state index contributed by atoms with van der Waals surface area (Å²) in [6, 6.07) is 0. The average Bonchev–Trinajstić information content (AvgIpc) is 1.82. The number of halogens is 3. The number of hydrogen-bond donors (Lipinski definition) is 0. The molecule has 0 radical (unpaired) electrons. The molecule has 0 atom stereocenters. The lowest BCUT2D eigenvalue weighted by Gasteiger charge is -2.10. The van der Waals surface area contributed by atoms with Gasteiger partial charge in [0.2, 0.25) is 0 Å². The van der Waals surface area contributed by atoms with Crippen molar-refractivity contribution in [1.29, 1.82) is 0 Å². The van der Waals surface area contributed by atoms with Crippen LogP contribution in [0.5, 0.6) is 0 Å². The molecular formula is C8H11F3. The Morgan fingerprint density at radius 3 is 1.55 bits per heavy atom. The van der Waals surface area contributed by atoms with Crippen LogP contribution in [0.4, 0.5) is 13.2 Å². The molecule has 0 saturated carbocycles. The molecule has 0 heterocycles. The van der Waals surface area contributed by atoms with Gasteiger partial charge < -0.3 is 0 Å². The van der Waals surface area contributed by atoms with Gasteiger partial charge in [0.05, 0.1) is 0 Å². The predicted octanol–water partition coefficient (Wildman–Crippen LogP) is 3.46. The van der Waals surface area contributed by atoms with Crippen LogP contribution < -0.4 is 0 Å². The molecule has 0 saturated heterocycles. The molecule has 0 aromatic heterocycles. The average molecular weight is 164 g/mol. The van der Waals surface area contributed by atoms with Gasteiger partial charge >= 0.3 is 6.18 Å². The zero-order valence-corrected chi connectivity index (χ0v) is 6.84. The van der Waals surface area contributed by atoms with Gasteiger partial charge in [-0.15, -0.1) is 0 Å². The first-order valence-electron chi connectivity index (χ1n) is 3.17. The lowest BCUT2D eigenvalue weighted by atomic mass is 10.1. The van der Waals surface area contributed by atoms with E-state index in [1.807, 2.05) is 0 Å². The highest BCUT2D eigenvalue weighted by Crippen LogP contribution is 2.29. The molecule has 3 heteroatoms. The highest BCUT2D eigenvalue weighted by atomic mass is 19.4. The predicted molar refractivity (Wildman–Crippen MR) is 39.2 cm³/mol. The maximum Gasteiger partial charge on any atom is 0.412 e. The van der Waals surface area contributed by atoms with Gasteiger partial charge in [-0.2, -0.15) is 13.2 Å². The Morgan fingerprint density at radius 2 is 1.45 bits per heavy atom. The Bertz CT molecular complexity index is 196. The van der Waals surface area contributed by atoms with Crippen LogP contribution in [0, 0.1) is 0 Å². The second kappa shape index (κ2) is 3.11.